The molecule has 1 aromatic rings. The summed E-state index contributed by atoms with van der Waals surface area (Å²) in [7, 11) is -3.92. The summed E-state index contributed by atoms with van der Waals surface area (Å²) in [6, 6.07) is 4.55. The molecule has 1 fully saturated rings. The molecule has 8 nitrogen and oxygen atoms in total. The molecule has 1 saturated heterocycles. The van der Waals surface area contributed by atoms with E-state index in [-0.39, 0.29) is 36.8 Å². The maximum atomic E-state index is 12.5. The van der Waals surface area contributed by atoms with Gasteiger partial charge in [0.25, 0.3) is 0 Å². The van der Waals surface area contributed by atoms with Crippen molar-refractivity contribution in [3.8, 4) is 11.5 Å². The number of fused-ring (bicyclic) bond motifs is 1. The molecule has 2 aliphatic rings. The fraction of sp³-hybridized carbons (Fsp3) is 0.500. The van der Waals surface area contributed by atoms with Crippen molar-refractivity contribution in [2.45, 2.75) is 17.7 Å². The molecule has 0 saturated carbocycles. The molecule has 3 rings (SSSR count). The van der Waals surface area contributed by atoms with E-state index in [1.165, 1.54) is 6.07 Å². The second kappa shape index (κ2) is 5.99. The lowest BCUT2D eigenvalue weighted by atomic mass is 9.80. The number of carboxylic acid groups (broad SMARTS) is 1. The fourth-order valence-corrected chi connectivity index (χ4v) is 3.94. The van der Waals surface area contributed by atoms with Crippen molar-refractivity contribution in [1.82, 2.24) is 4.72 Å². The first-order valence-electron chi connectivity index (χ1n) is 7.14. The molecule has 2 N–H and O–H groups in total. The minimum Gasteiger partial charge on any atom is -0.481 e. The lowest BCUT2D eigenvalue weighted by Crippen LogP contribution is -2.46. The number of nitrogens with one attached hydrogen (secondary N) is 1. The van der Waals surface area contributed by atoms with Gasteiger partial charge in [-0.3, -0.25) is 4.79 Å². The average molecular weight is 343 g/mol. The highest BCUT2D eigenvalue weighted by Crippen LogP contribution is 2.38. The van der Waals surface area contributed by atoms with E-state index < -0.39 is 21.4 Å². The van der Waals surface area contributed by atoms with Crippen LogP contribution in [0, 0.1) is 5.41 Å². The SMILES string of the molecule is O=C(O)C1(CNS(=O)(=O)c2cccc3c2OCO3)CCOCC1. The zero-order valence-electron chi connectivity index (χ0n) is 12.3. The Morgan fingerprint density at radius 2 is 2.00 bits per heavy atom. The highest BCUT2D eigenvalue weighted by Gasteiger charge is 2.41. The summed E-state index contributed by atoms with van der Waals surface area (Å²) in [4.78, 5) is 11.5. The topological polar surface area (TPSA) is 111 Å². The van der Waals surface area contributed by atoms with E-state index in [1.807, 2.05) is 0 Å². The van der Waals surface area contributed by atoms with Gasteiger partial charge in [0, 0.05) is 19.8 Å². The summed E-state index contributed by atoms with van der Waals surface area (Å²) < 4.78 is 43.0. The second-order valence-electron chi connectivity index (χ2n) is 5.51. The quantitative estimate of drug-likeness (QED) is 0.804. The largest absolute Gasteiger partial charge is 0.481 e. The van der Waals surface area contributed by atoms with Crippen LogP contribution in [0.2, 0.25) is 0 Å². The summed E-state index contributed by atoms with van der Waals surface area (Å²) >= 11 is 0. The van der Waals surface area contributed by atoms with Crippen LogP contribution in [-0.4, -0.2) is 46.0 Å². The number of hydrogen-bond donors (Lipinski definition) is 2. The van der Waals surface area contributed by atoms with Gasteiger partial charge in [-0.25, -0.2) is 13.1 Å². The molecular formula is C14H17NO7S. The molecule has 9 heteroatoms. The standard InChI is InChI=1S/C14H17NO7S/c16-13(17)14(4-6-20-7-5-14)8-15-23(18,19)11-3-1-2-10-12(11)22-9-21-10/h1-3,15H,4-9H2,(H,16,17). The number of sulfonamides is 1. The predicted octanol–water partition coefficient (Wildman–Crippen LogP) is 0.575. The smallest absolute Gasteiger partial charge is 0.311 e. The number of carboxylic acids is 1. The van der Waals surface area contributed by atoms with E-state index in [0.717, 1.165) is 0 Å². The first-order valence-corrected chi connectivity index (χ1v) is 8.62. The highest BCUT2D eigenvalue weighted by atomic mass is 32.2. The van der Waals surface area contributed by atoms with Gasteiger partial charge in [-0.2, -0.15) is 0 Å². The average Bonchev–Trinajstić information content (AvgIpc) is 3.02. The number of carbonyl (C=O) groups is 1. The Morgan fingerprint density at radius 1 is 1.26 bits per heavy atom. The molecule has 0 aliphatic carbocycles. The summed E-state index contributed by atoms with van der Waals surface area (Å²) in [6.45, 7) is 0.355. The van der Waals surface area contributed by atoms with Gasteiger partial charge < -0.3 is 19.3 Å². The number of benzene rings is 1. The van der Waals surface area contributed by atoms with Crippen molar-refractivity contribution in [3.05, 3.63) is 18.2 Å². The maximum Gasteiger partial charge on any atom is 0.311 e. The van der Waals surface area contributed by atoms with Gasteiger partial charge in [0.1, 0.15) is 4.90 Å². The van der Waals surface area contributed by atoms with Crippen LogP contribution in [0.5, 0.6) is 11.5 Å². The molecule has 0 atom stereocenters. The van der Waals surface area contributed by atoms with Crippen LogP contribution in [0.4, 0.5) is 0 Å². The summed E-state index contributed by atoms with van der Waals surface area (Å²) in [5.41, 5.74) is -1.15. The molecule has 0 amide bonds. The Hall–Kier alpha value is -1.84. The first-order chi connectivity index (χ1) is 10.9. The molecule has 0 bridgehead atoms. The van der Waals surface area contributed by atoms with Gasteiger partial charge in [-0.1, -0.05) is 6.07 Å². The minimum absolute atomic E-state index is 0.0434. The lowest BCUT2D eigenvalue weighted by molar-refractivity contribution is -0.154. The van der Waals surface area contributed by atoms with Crippen LogP contribution < -0.4 is 14.2 Å². The molecule has 2 aliphatic heterocycles. The van der Waals surface area contributed by atoms with Crippen LogP contribution in [0.3, 0.4) is 0 Å². The van der Waals surface area contributed by atoms with Crippen molar-refractivity contribution in [2.24, 2.45) is 5.41 Å². The maximum absolute atomic E-state index is 12.5. The van der Waals surface area contributed by atoms with E-state index >= 15 is 0 Å². The van der Waals surface area contributed by atoms with Crippen LogP contribution in [0.15, 0.2) is 23.1 Å². The van der Waals surface area contributed by atoms with E-state index in [9.17, 15) is 18.3 Å². The Kier molecular flexibility index (Phi) is 4.17. The van der Waals surface area contributed by atoms with Crippen molar-refractivity contribution in [1.29, 1.82) is 0 Å². The molecule has 1 aromatic carbocycles. The summed E-state index contributed by atoms with van der Waals surface area (Å²) in [5, 5.41) is 9.48. The van der Waals surface area contributed by atoms with Gasteiger partial charge >= 0.3 is 5.97 Å². The lowest BCUT2D eigenvalue weighted by Gasteiger charge is -2.33. The minimum atomic E-state index is -3.92. The number of para-hydroxylation sites is 1. The first kappa shape index (κ1) is 16.0. The number of aliphatic carboxylic acids is 1. The van der Waals surface area contributed by atoms with Crippen LogP contribution in [0.1, 0.15) is 12.8 Å². The molecule has 126 valence electrons. The van der Waals surface area contributed by atoms with E-state index in [4.69, 9.17) is 14.2 Å². The monoisotopic (exact) mass is 343 g/mol. The Labute approximate surface area is 133 Å². The molecule has 0 radical (unpaired) electrons. The molecular weight excluding hydrogens is 326 g/mol. The van der Waals surface area contributed by atoms with Crippen molar-refractivity contribution in [2.75, 3.05) is 26.6 Å². The van der Waals surface area contributed by atoms with E-state index in [1.54, 1.807) is 12.1 Å². The molecule has 0 aromatic heterocycles. The van der Waals surface area contributed by atoms with Crippen LogP contribution >= 0.6 is 0 Å². The molecule has 0 unspecified atom stereocenters. The third-order valence-electron chi connectivity index (χ3n) is 4.15. The van der Waals surface area contributed by atoms with Crippen LogP contribution in [-0.2, 0) is 19.6 Å². The third-order valence-corrected chi connectivity index (χ3v) is 5.58. The Balaban J connectivity index is 1.82. The van der Waals surface area contributed by atoms with Crippen molar-refractivity contribution >= 4 is 16.0 Å². The normalized spacial score (nSPS) is 19.5. The molecule has 23 heavy (non-hydrogen) atoms. The van der Waals surface area contributed by atoms with Gasteiger partial charge in [-0.05, 0) is 25.0 Å². The predicted molar refractivity (Wildman–Crippen MR) is 77.9 cm³/mol. The number of ether oxygens (including phenoxy) is 3. The number of hydrogen-bond acceptors (Lipinski definition) is 6. The summed E-state index contributed by atoms with van der Waals surface area (Å²) in [6.07, 6.45) is 0.523. The number of rotatable bonds is 5. The van der Waals surface area contributed by atoms with Gasteiger partial charge in [0.05, 0.1) is 5.41 Å². The van der Waals surface area contributed by atoms with Crippen molar-refractivity contribution in [3.63, 3.8) is 0 Å². The van der Waals surface area contributed by atoms with Gasteiger partial charge in [-0.15, -0.1) is 0 Å². The van der Waals surface area contributed by atoms with Gasteiger partial charge in [0.2, 0.25) is 16.8 Å². The Bertz CT molecular complexity index is 710. The zero-order chi connectivity index (χ0) is 16.5. The van der Waals surface area contributed by atoms with Gasteiger partial charge in [0.15, 0.2) is 11.5 Å². The van der Waals surface area contributed by atoms with E-state index in [0.29, 0.717) is 19.0 Å². The second-order valence-corrected chi connectivity index (χ2v) is 7.25. The third kappa shape index (κ3) is 2.99. The summed E-state index contributed by atoms with van der Waals surface area (Å²) in [5.74, 6) is -0.524. The molecule has 0 spiro atoms. The molecule has 2 heterocycles. The van der Waals surface area contributed by atoms with Crippen molar-refractivity contribution < 1.29 is 32.5 Å². The highest BCUT2D eigenvalue weighted by molar-refractivity contribution is 7.89. The zero-order valence-corrected chi connectivity index (χ0v) is 13.1. The fourth-order valence-electron chi connectivity index (χ4n) is 2.65. The van der Waals surface area contributed by atoms with Crippen LogP contribution in [0.25, 0.3) is 0 Å². The Morgan fingerprint density at radius 3 is 2.70 bits per heavy atom. The van der Waals surface area contributed by atoms with E-state index in [2.05, 4.69) is 4.72 Å².